The number of carbonyl (C=O) groups is 2. The Labute approximate surface area is 221 Å². The van der Waals surface area contributed by atoms with Crippen molar-refractivity contribution in [1.82, 2.24) is 9.80 Å². The predicted octanol–water partition coefficient (Wildman–Crippen LogP) is 5.92. The summed E-state index contributed by atoms with van der Waals surface area (Å²) in [5.41, 5.74) is 5.01. The van der Waals surface area contributed by atoms with Gasteiger partial charge in [0.15, 0.2) is 0 Å². The number of para-hydroxylation sites is 1. The van der Waals surface area contributed by atoms with Crippen molar-refractivity contribution in [2.45, 2.75) is 46.7 Å². The molecule has 0 aliphatic carbocycles. The lowest BCUT2D eigenvalue weighted by Crippen LogP contribution is -2.38. The van der Waals surface area contributed by atoms with Gasteiger partial charge in [0.2, 0.25) is 5.91 Å². The maximum Gasteiger partial charge on any atom is 0.254 e. The monoisotopic (exact) mass is 497 g/mol. The minimum Gasteiger partial charge on any atom is -0.333 e. The summed E-state index contributed by atoms with van der Waals surface area (Å²) < 4.78 is 0. The Kier molecular flexibility index (Phi) is 9.13. The number of anilines is 1. The van der Waals surface area contributed by atoms with Crippen molar-refractivity contribution < 1.29 is 9.59 Å². The first kappa shape index (κ1) is 26.6. The molecule has 4 rings (SSSR count). The summed E-state index contributed by atoms with van der Waals surface area (Å²) in [4.78, 5) is 33.4. The van der Waals surface area contributed by atoms with E-state index >= 15 is 0 Å². The summed E-state index contributed by atoms with van der Waals surface area (Å²) >= 11 is 0. The van der Waals surface area contributed by atoms with E-state index in [9.17, 15) is 9.59 Å². The quantitative estimate of drug-likeness (QED) is 0.439. The lowest BCUT2D eigenvalue weighted by atomic mass is 10.1. The fraction of sp³-hybridized carbons (Fsp3) is 0.375. The summed E-state index contributed by atoms with van der Waals surface area (Å²) in [6, 6.07) is 26.3. The highest BCUT2D eigenvalue weighted by Gasteiger charge is 2.24. The second-order valence-electron chi connectivity index (χ2n) is 10.5. The molecule has 3 aromatic carbocycles. The standard InChI is InChI=1S/C32H39N3O2/c1-25(2)22-31(36)35-19-9-18-33(23-27-10-5-4-6-11-27)20-21-34(24-29-12-7-8-13-30(29)35)32(37)28-16-14-26(3)15-17-28/h4-8,10-17,25H,9,18-24H2,1-3H3. The highest BCUT2D eigenvalue weighted by molar-refractivity contribution is 5.95. The number of carbonyl (C=O) groups excluding carboxylic acids is 2. The fourth-order valence-corrected chi connectivity index (χ4v) is 4.91. The zero-order chi connectivity index (χ0) is 26.2. The summed E-state index contributed by atoms with van der Waals surface area (Å²) in [6.45, 7) is 10.4. The van der Waals surface area contributed by atoms with Crippen molar-refractivity contribution in [2.75, 3.05) is 31.1 Å². The number of amides is 2. The highest BCUT2D eigenvalue weighted by atomic mass is 16.2. The van der Waals surface area contributed by atoms with Crippen LogP contribution in [0.3, 0.4) is 0 Å². The first-order valence-electron chi connectivity index (χ1n) is 13.4. The normalized spacial score (nSPS) is 15.2. The van der Waals surface area contributed by atoms with Crippen molar-refractivity contribution >= 4 is 17.5 Å². The molecule has 0 saturated heterocycles. The Balaban J connectivity index is 1.67. The molecular formula is C32H39N3O2. The van der Waals surface area contributed by atoms with E-state index in [0.717, 1.165) is 42.9 Å². The summed E-state index contributed by atoms with van der Waals surface area (Å²) in [7, 11) is 0. The van der Waals surface area contributed by atoms with Crippen molar-refractivity contribution in [1.29, 1.82) is 0 Å². The van der Waals surface area contributed by atoms with Gasteiger partial charge in [0.25, 0.3) is 5.91 Å². The van der Waals surface area contributed by atoms with Crippen LogP contribution in [0.5, 0.6) is 0 Å². The average Bonchev–Trinajstić information content (AvgIpc) is 2.92. The Bertz CT molecular complexity index is 1170. The molecule has 0 radical (unpaired) electrons. The van der Waals surface area contributed by atoms with E-state index < -0.39 is 0 Å². The molecule has 0 bridgehead atoms. The van der Waals surface area contributed by atoms with E-state index in [-0.39, 0.29) is 17.7 Å². The Morgan fingerprint density at radius 1 is 0.811 bits per heavy atom. The van der Waals surface area contributed by atoms with E-state index in [1.54, 1.807) is 0 Å². The smallest absolute Gasteiger partial charge is 0.254 e. The van der Waals surface area contributed by atoms with Crippen LogP contribution in [-0.2, 0) is 17.9 Å². The molecule has 2 amide bonds. The number of fused-ring (bicyclic) bond motifs is 1. The molecule has 194 valence electrons. The van der Waals surface area contributed by atoms with Crippen molar-refractivity contribution in [3.8, 4) is 0 Å². The summed E-state index contributed by atoms with van der Waals surface area (Å²) in [6.07, 6.45) is 1.38. The van der Waals surface area contributed by atoms with Gasteiger partial charge in [-0.2, -0.15) is 0 Å². The van der Waals surface area contributed by atoms with Crippen LogP contribution in [0.2, 0.25) is 0 Å². The van der Waals surface area contributed by atoms with Gasteiger partial charge >= 0.3 is 0 Å². The SMILES string of the molecule is Cc1ccc(C(=O)N2CCN(Cc3ccccc3)CCCN(C(=O)CC(C)C)c3ccccc3C2)cc1. The van der Waals surface area contributed by atoms with Gasteiger partial charge < -0.3 is 9.80 Å². The zero-order valence-corrected chi connectivity index (χ0v) is 22.4. The maximum absolute atomic E-state index is 13.7. The molecule has 0 aromatic heterocycles. The second kappa shape index (κ2) is 12.7. The van der Waals surface area contributed by atoms with Crippen LogP contribution < -0.4 is 4.90 Å². The largest absolute Gasteiger partial charge is 0.333 e. The molecule has 1 heterocycles. The first-order valence-corrected chi connectivity index (χ1v) is 13.4. The topological polar surface area (TPSA) is 43.9 Å². The molecule has 0 atom stereocenters. The van der Waals surface area contributed by atoms with E-state index in [2.05, 4.69) is 49.1 Å². The van der Waals surface area contributed by atoms with Gasteiger partial charge in [-0.15, -0.1) is 0 Å². The third-order valence-corrected chi connectivity index (χ3v) is 6.90. The van der Waals surface area contributed by atoms with E-state index in [1.807, 2.05) is 65.3 Å². The van der Waals surface area contributed by atoms with Gasteiger partial charge in [-0.05, 0) is 48.6 Å². The van der Waals surface area contributed by atoms with Crippen LogP contribution >= 0.6 is 0 Å². The number of hydrogen-bond acceptors (Lipinski definition) is 3. The van der Waals surface area contributed by atoms with Crippen LogP contribution in [0.1, 0.15) is 53.7 Å². The lowest BCUT2D eigenvalue weighted by Gasteiger charge is -2.28. The van der Waals surface area contributed by atoms with Gasteiger partial charge in [-0.3, -0.25) is 14.5 Å². The number of benzene rings is 3. The van der Waals surface area contributed by atoms with Crippen LogP contribution in [0.25, 0.3) is 0 Å². The number of rotatable bonds is 5. The second-order valence-corrected chi connectivity index (χ2v) is 10.5. The molecule has 3 aromatic rings. The van der Waals surface area contributed by atoms with E-state index in [4.69, 9.17) is 0 Å². The summed E-state index contributed by atoms with van der Waals surface area (Å²) in [5.74, 6) is 0.452. The molecule has 37 heavy (non-hydrogen) atoms. The first-order chi connectivity index (χ1) is 17.9. The fourth-order valence-electron chi connectivity index (χ4n) is 4.91. The molecule has 1 aliphatic rings. The van der Waals surface area contributed by atoms with Gasteiger partial charge in [0, 0.05) is 56.9 Å². The molecular weight excluding hydrogens is 458 g/mol. The molecule has 0 saturated carbocycles. The Morgan fingerprint density at radius 3 is 2.24 bits per heavy atom. The molecule has 0 fully saturated rings. The minimum atomic E-state index is 0.0220. The van der Waals surface area contributed by atoms with Crippen LogP contribution in [-0.4, -0.2) is 47.8 Å². The lowest BCUT2D eigenvalue weighted by molar-refractivity contribution is -0.119. The number of nitrogens with zero attached hydrogens (tertiary/aromatic N) is 3. The van der Waals surface area contributed by atoms with Crippen molar-refractivity contribution in [3.63, 3.8) is 0 Å². The average molecular weight is 498 g/mol. The van der Waals surface area contributed by atoms with Crippen molar-refractivity contribution in [2.24, 2.45) is 5.92 Å². The Hall–Kier alpha value is -3.44. The third-order valence-electron chi connectivity index (χ3n) is 6.90. The van der Waals surface area contributed by atoms with E-state index in [1.165, 1.54) is 5.56 Å². The zero-order valence-electron chi connectivity index (χ0n) is 22.4. The van der Waals surface area contributed by atoms with Gasteiger partial charge in [0.05, 0.1) is 0 Å². The van der Waals surface area contributed by atoms with Gasteiger partial charge in [0.1, 0.15) is 0 Å². The maximum atomic E-state index is 13.7. The number of aryl methyl sites for hydroxylation is 1. The Morgan fingerprint density at radius 2 is 1.51 bits per heavy atom. The highest BCUT2D eigenvalue weighted by Crippen LogP contribution is 2.26. The predicted molar refractivity (Wildman–Crippen MR) is 151 cm³/mol. The van der Waals surface area contributed by atoms with Crippen molar-refractivity contribution in [3.05, 3.63) is 101 Å². The van der Waals surface area contributed by atoms with E-state index in [0.29, 0.717) is 31.6 Å². The molecule has 0 unspecified atom stereocenters. The van der Waals surface area contributed by atoms with Crippen LogP contribution in [0.15, 0.2) is 78.9 Å². The third kappa shape index (κ3) is 7.30. The minimum absolute atomic E-state index is 0.0220. The van der Waals surface area contributed by atoms with Gasteiger partial charge in [-0.25, -0.2) is 0 Å². The van der Waals surface area contributed by atoms with Crippen LogP contribution in [0.4, 0.5) is 5.69 Å². The molecule has 0 N–H and O–H groups in total. The van der Waals surface area contributed by atoms with Crippen LogP contribution in [0, 0.1) is 12.8 Å². The molecule has 5 nitrogen and oxygen atoms in total. The van der Waals surface area contributed by atoms with Gasteiger partial charge in [-0.1, -0.05) is 80.1 Å². The summed E-state index contributed by atoms with van der Waals surface area (Å²) in [5, 5.41) is 0. The molecule has 5 heteroatoms. The molecule has 0 spiro atoms. The number of hydrogen-bond donors (Lipinski definition) is 0. The molecule has 1 aliphatic heterocycles.